The SMILES string of the molecule is CN(C)c1ccc(NC(=O)CC(=O)NCCc2ccc(F)cc2)cc1. The van der Waals surface area contributed by atoms with Gasteiger partial charge in [0.05, 0.1) is 0 Å². The first kappa shape index (κ1) is 18.4. The number of amides is 2. The van der Waals surface area contributed by atoms with Gasteiger partial charge in [0.2, 0.25) is 11.8 Å². The Hall–Kier alpha value is -2.89. The van der Waals surface area contributed by atoms with Crippen LogP contribution in [0.2, 0.25) is 0 Å². The lowest BCUT2D eigenvalue weighted by molar-refractivity contribution is -0.126. The number of carbonyl (C=O) groups is 2. The molecular weight excluding hydrogens is 321 g/mol. The number of nitrogens with one attached hydrogen (secondary N) is 2. The summed E-state index contributed by atoms with van der Waals surface area (Å²) < 4.78 is 12.8. The van der Waals surface area contributed by atoms with Crippen molar-refractivity contribution in [3.8, 4) is 0 Å². The molecule has 0 saturated carbocycles. The molecule has 0 atom stereocenters. The van der Waals surface area contributed by atoms with Gasteiger partial charge in [0.15, 0.2) is 0 Å². The van der Waals surface area contributed by atoms with Crippen LogP contribution in [0.5, 0.6) is 0 Å². The van der Waals surface area contributed by atoms with E-state index in [0.717, 1.165) is 11.3 Å². The highest BCUT2D eigenvalue weighted by atomic mass is 19.1. The first-order valence-corrected chi connectivity index (χ1v) is 8.02. The molecule has 0 aliphatic carbocycles. The summed E-state index contributed by atoms with van der Waals surface area (Å²) in [6.07, 6.45) is 0.346. The highest BCUT2D eigenvalue weighted by Crippen LogP contribution is 2.15. The largest absolute Gasteiger partial charge is 0.378 e. The average Bonchev–Trinajstić information content (AvgIpc) is 2.57. The lowest BCUT2D eigenvalue weighted by Gasteiger charge is -2.13. The van der Waals surface area contributed by atoms with Crippen molar-refractivity contribution in [2.75, 3.05) is 30.9 Å². The molecule has 0 saturated heterocycles. The average molecular weight is 343 g/mol. The van der Waals surface area contributed by atoms with Crippen LogP contribution in [0.3, 0.4) is 0 Å². The minimum Gasteiger partial charge on any atom is -0.378 e. The van der Waals surface area contributed by atoms with Crippen molar-refractivity contribution in [3.63, 3.8) is 0 Å². The van der Waals surface area contributed by atoms with Gasteiger partial charge >= 0.3 is 0 Å². The molecular formula is C19H22FN3O2. The van der Waals surface area contributed by atoms with Gasteiger partial charge in [-0.3, -0.25) is 9.59 Å². The summed E-state index contributed by atoms with van der Waals surface area (Å²) in [5.74, 6) is -0.996. The van der Waals surface area contributed by atoms with Gasteiger partial charge in [-0.05, 0) is 48.4 Å². The molecule has 2 rings (SSSR count). The molecule has 2 amide bonds. The third kappa shape index (κ3) is 6.25. The molecule has 0 spiro atoms. The third-order valence-corrected chi connectivity index (χ3v) is 3.64. The Morgan fingerprint density at radius 3 is 2.20 bits per heavy atom. The number of nitrogens with zero attached hydrogens (tertiary/aromatic N) is 1. The summed E-state index contributed by atoms with van der Waals surface area (Å²) in [6.45, 7) is 0.398. The molecule has 0 aliphatic rings. The minimum atomic E-state index is -0.364. The molecule has 25 heavy (non-hydrogen) atoms. The molecule has 0 radical (unpaired) electrons. The maximum absolute atomic E-state index is 12.8. The normalized spacial score (nSPS) is 10.2. The molecule has 2 N–H and O–H groups in total. The molecule has 6 heteroatoms. The second kappa shape index (κ2) is 8.82. The fourth-order valence-corrected chi connectivity index (χ4v) is 2.25. The van der Waals surface area contributed by atoms with Gasteiger partial charge in [-0.1, -0.05) is 12.1 Å². The van der Waals surface area contributed by atoms with E-state index in [0.29, 0.717) is 18.7 Å². The number of halogens is 1. The zero-order valence-corrected chi connectivity index (χ0v) is 14.4. The van der Waals surface area contributed by atoms with Gasteiger partial charge in [-0.15, -0.1) is 0 Å². The van der Waals surface area contributed by atoms with Gasteiger partial charge in [0.1, 0.15) is 12.2 Å². The summed E-state index contributed by atoms with van der Waals surface area (Å²) >= 11 is 0. The summed E-state index contributed by atoms with van der Waals surface area (Å²) in [6, 6.07) is 13.5. The second-order valence-corrected chi connectivity index (χ2v) is 5.89. The second-order valence-electron chi connectivity index (χ2n) is 5.89. The lowest BCUT2D eigenvalue weighted by atomic mass is 10.1. The first-order chi connectivity index (χ1) is 11.9. The van der Waals surface area contributed by atoms with Crippen LogP contribution in [-0.2, 0) is 16.0 Å². The first-order valence-electron chi connectivity index (χ1n) is 8.02. The Kier molecular flexibility index (Phi) is 6.51. The number of benzene rings is 2. The Labute approximate surface area is 146 Å². The fourth-order valence-electron chi connectivity index (χ4n) is 2.25. The molecule has 0 heterocycles. The molecule has 2 aromatic carbocycles. The zero-order valence-electron chi connectivity index (χ0n) is 14.4. The quantitative estimate of drug-likeness (QED) is 0.760. The van der Waals surface area contributed by atoms with E-state index in [4.69, 9.17) is 0 Å². The van der Waals surface area contributed by atoms with E-state index in [-0.39, 0.29) is 24.1 Å². The van der Waals surface area contributed by atoms with E-state index in [1.807, 2.05) is 31.1 Å². The van der Waals surface area contributed by atoms with Crippen LogP contribution >= 0.6 is 0 Å². The van der Waals surface area contributed by atoms with Crippen LogP contribution in [0.15, 0.2) is 48.5 Å². The van der Waals surface area contributed by atoms with E-state index < -0.39 is 0 Å². The van der Waals surface area contributed by atoms with Crippen LogP contribution in [0.4, 0.5) is 15.8 Å². The molecule has 0 aromatic heterocycles. The van der Waals surface area contributed by atoms with Crippen molar-refractivity contribution in [2.45, 2.75) is 12.8 Å². The monoisotopic (exact) mass is 343 g/mol. The van der Waals surface area contributed by atoms with Crippen molar-refractivity contribution >= 4 is 23.2 Å². The van der Waals surface area contributed by atoms with Crippen molar-refractivity contribution < 1.29 is 14.0 Å². The number of carbonyl (C=O) groups excluding carboxylic acids is 2. The zero-order chi connectivity index (χ0) is 18.2. The summed E-state index contributed by atoms with van der Waals surface area (Å²) in [7, 11) is 3.87. The Morgan fingerprint density at radius 1 is 0.960 bits per heavy atom. The van der Waals surface area contributed by atoms with E-state index >= 15 is 0 Å². The molecule has 132 valence electrons. The Morgan fingerprint density at radius 2 is 1.60 bits per heavy atom. The molecule has 0 bridgehead atoms. The van der Waals surface area contributed by atoms with E-state index in [1.54, 1.807) is 24.3 Å². The van der Waals surface area contributed by atoms with Crippen molar-refractivity contribution in [1.82, 2.24) is 5.32 Å². The number of hydrogen-bond acceptors (Lipinski definition) is 3. The predicted octanol–water partition coefficient (Wildman–Crippen LogP) is 2.58. The highest BCUT2D eigenvalue weighted by molar-refractivity contribution is 6.03. The minimum absolute atomic E-state index is 0.237. The Bertz CT molecular complexity index is 712. The smallest absolute Gasteiger partial charge is 0.233 e. The molecule has 0 unspecified atom stereocenters. The number of anilines is 2. The highest BCUT2D eigenvalue weighted by Gasteiger charge is 2.09. The van der Waals surface area contributed by atoms with Crippen molar-refractivity contribution in [3.05, 3.63) is 59.9 Å². The van der Waals surface area contributed by atoms with Gasteiger partial charge in [-0.25, -0.2) is 4.39 Å². The summed E-state index contributed by atoms with van der Waals surface area (Å²) in [5.41, 5.74) is 2.60. The van der Waals surface area contributed by atoms with Gasteiger partial charge in [0, 0.05) is 32.0 Å². The summed E-state index contributed by atoms with van der Waals surface area (Å²) in [4.78, 5) is 25.6. The number of hydrogen-bond donors (Lipinski definition) is 2. The van der Waals surface area contributed by atoms with E-state index in [2.05, 4.69) is 10.6 Å². The fraction of sp³-hybridized carbons (Fsp3) is 0.263. The standard InChI is InChI=1S/C19H22FN3O2/c1-23(2)17-9-7-16(8-10-17)22-19(25)13-18(24)21-12-11-14-3-5-15(20)6-4-14/h3-10H,11-13H2,1-2H3,(H,21,24)(H,22,25). The third-order valence-electron chi connectivity index (χ3n) is 3.64. The van der Waals surface area contributed by atoms with E-state index in [9.17, 15) is 14.0 Å². The molecule has 5 nitrogen and oxygen atoms in total. The molecule has 2 aromatic rings. The number of rotatable bonds is 7. The topological polar surface area (TPSA) is 61.4 Å². The van der Waals surface area contributed by atoms with Crippen molar-refractivity contribution in [1.29, 1.82) is 0 Å². The van der Waals surface area contributed by atoms with E-state index in [1.165, 1.54) is 12.1 Å². The molecule has 0 aliphatic heterocycles. The van der Waals surface area contributed by atoms with Crippen LogP contribution < -0.4 is 15.5 Å². The van der Waals surface area contributed by atoms with Crippen LogP contribution in [0.25, 0.3) is 0 Å². The Balaban J connectivity index is 1.72. The summed E-state index contributed by atoms with van der Waals surface area (Å²) in [5, 5.41) is 5.38. The van der Waals surface area contributed by atoms with Gasteiger partial charge in [-0.2, -0.15) is 0 Å². The van der Waals surface area contributed by atoms with Crippen LogP contribution in [0.1, 0.15) is 12.0 Å². The van der Waals surface area contributed by atoms with Gasteiger partial charge < -0.3 is 15.5 Å². The lowest BCUT2D eigenvalue weighted by Crippen LogP contribution is -2.29. The maximum Gasteiger partial charge on any atom is 0.233 e. The van der Waals surface area contributed by atoms with Crippen LogP contribution in [0, 0.1) is 5.82 Å². The predicted molar refractivity (Wildman–Crippen MR) is 97.1 cm³/mol. The molecule has 0 fully saturated rings. The van der Waals surface area contributed by atoms with Crippen molar-refractivity contribution in [2.24, 2.45) is 0 Å². The maximum atomic E-state index is 12.8. The van der Waals surface area contributed by atoms with Gasteiger partial charge in [0.25, 0.3) is 0 Å². The van der Waals surface area contributed by atoms with Crippen LogP contribution in [-0.4, -0.2) is 32.5 Å².